The van der Waals surface area contributed by atoms with Crippen LogP contribution >= 0.6 is 0 Å². The Morgan fingerprint density at radius 1 is 0.333 bits per heavy atom. The van der Waals surface area contributed by atoms with Crippen molar-refractivity contribution in [3.63, 3.8) is 0 Å². The fourth-order valence-electron chi connectivity index (χ4n) is 6.13. The van der Waals surface area contributed by atoms with E-state index in [4.69, 9.17) is 24.5 Å². The molecule has 0 aliphatic heterocycles. The molecule has 48 heavy (non-hydrogen) atoms. The van der Waals surface area contributed by atoms with Crippen LogP contribution in [0.25, 0.3) is 88.7 Å². The van der Waals surface area contributed by atoms with Gasteiger partial charge in [0.25, 0.3) is 0 Å². The summed E-state index contributed by atoms with van der Waals surface area (Å²) >= 11 is 0. The molecule has 9 aromatic rings. The fourth-order valence-corrected chi connectivity index (χ4v) is 6.13. The van der Waals surface area contributed by atoms with E-state index in [9.17, 15) is 0 Å². The summed E-state index contributed by atoms with van der Waals surface area (Å²) in [6.07, 6.45) is 0. The number of aromatic nitrogens is 3. The number of hydrogen-bond donors (Lipinski definition) is 0. The Balaban J connectivity index is 1.23. The van der Waals surface area contributed by atoms with E-state index in [1.165, 1.54) is 0 Å². The van der Waals surface area contributed by atoms with Crippen LogP contribution in [-0.2, 0) is 0 Å². The Hall–Kier alpha value is -6.45. The molecule has 0 unspecified atom stereocenters. The number of fused-ring (bicyclic) bond motifs is 3. The van der Waals surface area contributed by atoms with Gasteiger partial charge in [-0.25, -0.2) is 15.0 Å². The van der Waals surface area contributed by atoms with E-state index in [1.54, 1.807) is 18.2 Å². The molecule has 9 rings (SSSR count). The maximum Gasteiger partial charge on any atom is 0.164 e. The highest BCUT2D eigenvalue weighted by molar-refractivity contribution is 5.97. The molecular formula is C45H29N3. The van der Waals surface area contributed by atoms with Crippen LogP contribution in [0.3, 0.4) is 0 Å². The standard InChI is InChI=1S/C45H29N3/c1-2-10-30(11-3-1)34-21-22-36-28-40(25-23-35(36)26-34)45-47-43(46-44(48-45)39-24-20-31-12-4-5-14-33(31)27-39)38-17-8-16-37(29-38)42-19-9-15-32-13-6-7-18-41(32)42/h1-29H/i6D,7D,9D,13D,15D,18D,19D. The summed E-state index contributed by atoms with van der Waals surface area (Å²) in [6.45, 7) is 0. The van der Waals surface area contributed by atoms with Crippen molar-refractivity contribution in [3.8, 4) is 56.4 Å². The second kappa shape index (κ2) is 11.7. The summed E-state index contributed by atoms with van der Waals surface area (Å²) in [7, 11) is 0. The SMILES string of the molecule is [2H]c1c([2H])c([2H])c2c(-c3cccc(-c4nc(-c5ccc6ccccc6c5)nc(-c5ccc6cc(-c7ccccc7)ccc6c5)n4)c3)c([2H])c([2H])c([2H])c2c1[2H]. The summed E-state index contributed by atoms with van der Waals surface area (Å²) in [6, 6.07) is 41.0. The van der Waals surface area contributed by atoms with Crippen LogP contribution in [0.2, 0.25) is 0 Å². The van der Waals surface area contributed by atoms with Crippen LogP contribution in [0.4, 0.5) is 0 Å². The minimum absolute atomic E-state index is 0.0222. The lowest BCUT2D eigenvalue weighted by molar-refractivity contribution is 1.08. The summed E-state index contributed by atoms with van der Waals surface area (Å²) in [5, 5.41) is 4.15. The number of nitrogens with zero attached hydrogens (tertiary/aromatic N) is 3. The molecule has 0 amide bonds. The lowest BCUT2D eigenvalue weighted by Gasteiger charge is -2.12. The van der Waals surface area contributed by atoms with Crippen LogP contribution in [0.15, 0.2) is 176 Å². The van der Waals surface area contributed by atoms with E-state index in [2.05, 4.69) is 42.5 Å². The molecule has 0 bridgehead atoms. The molecule has 8 aromatic carbocycles. The molecule has 0 saturated carbocycles. The van der Waals surface area contributed by atoms with Crippen LogP contribution in [0, 0.1) is 0 Å². The zero-order valence-corrected chi connectivity index (χ0v) is 25.5. The predicted molar refractivity (Wildman–Crippen MR) is 200 cm³/mol. The molecule has 0 N–H and O–H groups in total. The molecular weight excluding hydrogens is 583 g/mol. The number of hydrogen-bond acceptors (Lipinski definition) is 3. The van der Waals surface area contributed by atoms with Gasteiger partial charge in [0.1, 0.15) is 0 Å². The fraction of sp³-hybridized carbons (Fsp3) is 0. The van der Waals surface area contributed by atoms with Gasteiger partial charge in [0.2, 0.25) is 0 Å². The van der Waals surface area contributed by atoms with Gasteiger partial charge < -0.3 is 0 Å². The van der Waals surface area contributed by atoms with Crippen molar-refractivity contribution in [3.05, 3.63) is 176 Å². The maximum atomic E-state index is 8.91. The lowest BCUT2D eigenvalue weighted by Crippen LogP contribution is -2.00. The summed E-state index contributed by atoms with van der Waals surface area (Å²) < 4.78 is 59.9. The zero-order chi connectivity index (χ0) is 38.0. The Bertz CT molecular complexity index is 3010. The molecule has 0 aliphatic carbocycles. The van der Waals surface area contributed by atoms with Gasteiger partial charge in [0.05, 0.1) is 9.60 Å². The molecule has 224 valence electrons. The van der Waals surface area contributed by atoms with Crippen LogP contribution in [-0.4, -0.2) is 15.0 Å². The average Bonchev–Trinajstić information content (AvgIpc) is 3.23. The normalized spacial score (nSPS) is 13.4. The van der Waals surface area contributed by atoms with Crippen molar-refractivity contribution in [2.75, 3.05) is 0 Å². The molecule has 0 fully saturated rings. The monoisotopic (exact) mass is 618 g/mol. The Morgan fingerprint density at radius 3 is 1.60 bits per heavy atom. The third-order valence-corrected chi connectivity index (χ3v) is 8.57. The third kappa shape index (κ3) is 5.18. The zero-order valence-electron chi connectivity index (χ0n) is 32.5. The highest BCUT2D eigenvalue weighted by Crippen LogP contribution is 2.33. The van der Waals surface area contributed by atoms with Gasteiger partial charge in [-0.1, -0.05) is 151 Å². The second-order valence-electron chi connectivity index (χ2n) is 11.6. The Labute approximate surface area is 288 Å². The smallest absolute Gasteiger partial charge is 0.164 e. The van der Waals surface area contributed by atoms with Crippen molar-refractivity contribution in [2.45, 2.75) is 0 Å². The number of benzene rings is 8. The summed E-state index contributed by atoms with van der Waals surface area (Å²) in [4.78, 5) is 14.9. The first-order valence-corrected chi connectivity index (χ1v) is 15.6. The highest BCUT2D eigenvalue weighted by Gasteiger charge is 2.15. The molecule has 1 heterocycles. The first-order valence-electron chi connectivity index (χ1n) is 19.1. The second-order valence-corrected chi connectivity index (χ2v) is 11.6. The molecule has 0 radical (unpaired) electrons. The summed E-state index contributed by atoms with van der Waals surface area (Å²) in [5.74, 6) is 1.28. The third-order valence-electron chi connectivity index (χ3n) is 8.57. The quantitative estimate of drug-likeness (QED) is 0.193. The Morgan fingerprint density at radius 2 is 0.854 bits per heavy atom. The molecule has 0 saturated heterocycles. The van der Waals surface area contributed by atoms with Crippen molar-refractivity contribution in [2.24, 2.45) is 0 Å². The first kappa shape index (κ1) is 21.4. The van der Waals surface area contributed by atoms with E-state index < -0.39 is 30.2 Å². The van der Waals surface area contributed by atoms with E-state index in [1.807, 2.05) is 72.8 Å². The highest BCUT2D eigenvalue weighted by atomic mass is 15.0. The van der Waals surface area contributed by atoms with E-state index in [0.717, 1.165) is 43.8 Å². The van der Waals surface area contributed by atoms with Crippen LogP contribution in [0.1, 0.15) is 9.60 Å². The van der Waals surface area contributed by atoms with E-state index in [0.29, 0.717) is 28.6 Å². The topological polar surface area (TPSA) is 38.7 Å². The van der Waals surface area contributed by atoms with Gasteiger partial charge >= 0.3 is 0 Å². The van der Waals surface area contributed by atoms with Crippen molar-refractivity contribution in [1.29, 1.82) is 0 Å². The van der Waals surface area contributed by atoms with Gasteiger partial charge in [0.15, 0.2) is 17.5 Å². The van der Waals surface area contributed by atoms with Crippen molar-refractivity contribution >= 4 is 32.3 Å². The number of rotatable bonds is 5. The molecule has 0 aliphatic rings. The maximum absolute atomic E-state index is 8.91. The minimum atomic E-state index is -0.493. The largest absolute Gasteiger partial charge is 0.208 e. The minimum Gasteiger partial charge on any atom is -0.208 e. The molecule has 0 spiro atoms. The predicted octanol–water partition coefficient (Wildman–Crippen LogP) is 11.7. The lowest BCUT2D eigenvalue weighted by atomic mass is 9.97. The molecule has 3 heteroatoms. The van der Waals surface area contributed by atoms with Gasteiger partial charge in [0, 0.05) is 16.7 Å². The Kier molecular flexibility index (Phi) is 5.22. The van der Waals surface area contributed by atoms with Gasteiger partial charge in [-0.05, 0) is 78.8 Å². The molecule has 1 aromatic heterocycles. The molecule has 3 nitrogen and oxygen atoms in total. The van der Waals surface area contributed by atoms with Crippen molar-refractivity contribution < 1.29 is 9.60 Å². The summed E-state index contributed by atoms with van der Waals surface area (Å²) in [5.41, 5.74) is 4.99. The van der Waals surface area contributed by atoms with Crippen LogP contribution in [0.5, 0.6) is 0 Å². The van der Waals surface area contributed by atoms with Gasteiger partial charge in [-0.2, -0.15) is 0 Å². The van der Waals surface area contributed by atoms with E-state index >= 15 is 0 Å². The average molecular weight is 619 g/mol. The molecule has 0 atom stereocenters. The van der Waals surface area contributed by atoms with Gasteiger partial charge in [-0.3, -0.25) is 0 Å². The van der Waals surface area contributed by atoms with Crippen molar-refractivity contribution in [1.82, 2.24) is 15.0 Å². The van der Waals surface area contributed by atoms with E-state index in [-0.39, 0.29) is 28.4 Å². The van der Waals surface area contributed by atoms with Gasteiger partial charge in [-0.15, -0.1) is 0 Å². The first-order chi connectivity index (χ1) is 26.7. The van der Waals surface area contributed by atoms with Crippen LogP contribution < -0.4 is 0 Å².